The van der Waals surface area contributed by atoms with E-state index in [2.05, 4.69) is 59.9 Å². The van der Waals surface area contributed by atoms with Crippen LogP contribution in [0.4, 0.5) is 0 Å². The summed E-state index contributed by atoms with van der Waals surface area (Å²) >= 11 is 0. The Balaban J connectivity index is 1.26. The van der Waals surface area contributed by atoms with Crippen LogP contribution in [0.15, 0.2) is 97.1 Å². The number of fused-ring (bicyclic) bond motifs is 3. The molecule has 0 spiro atoms. The Kier molecular flexibility index (Phi) is 4.45. The molecule has 1 aliphatic rings. The van der Waals surface area contributed by atoms with E-state index in [-0.39, 0.29) is 5.91 Å². The molecule has 0 bridgehead atoms. The van der Waals surface area contributed by atoms with Crippen molar-refractivity contribution >= 4 is 5.91 Å². The third-order valence-electron chi connectivity index (χ3n) is 5.57. The zero-order valence-corrected chi connectivity index (χ0v) is 16.1. The molecule has 4 aromatic carbocycles. The van der Waals surface area contributed by atoms with E-state index in [1.807, 2.05) is 42.5 Å². The van der Waals surface area contributed by atoms with E-state index < -0.39 is 0 Å². The number of rotatable bonds is 4. The number of benzene rings is 4. The molecule has 29 heavy (non-hydrogen) atoms. The van der Waals surface area contributed by atoms with Crippen molar-refractivity contribution in [3.63, 3.8) is 0 Å². The van der Waals surface area contributed by atoms with Crippen molar-refractivity contribution in [1.82, 2.24) is 5.32 Å². The maximum Gasteiger partial charge on any atom is 0.251 e. The van der Waals surface area contributed by atoms with Gasteiger partial charge in [-0.05, 0) is 57.5 Å². The standard InChI is InChI=1S/C27H21NO/c29-27(22-13-11-21(12-14-22)20-6-2-1-3-7-20)28-18-19-10-15-26-24(16-19)17-23-8-4-5-9-25(23)26/h1-16H,17-18H2,(H,28,29). The van der Waals surface area contributed by atoms with Gasteiger partial charge in [-0.25, -0.2) is 0 Å². The van der Waals surface area contributed by atoms with Gasteiger partial charge in [-0.3, -0.25) is 4.79 Å². The van der Waals surface area contributed by atoms with Gasteiger partial charge in [0, 0.05) is 12.1 Å². The summed E-state index contributed by atoms with van der Waals surface area (Å²) in [6, 6.07) is 33.0. The van der Waals surface area contributed by atoms with Crippen LogP contribution in [0.3, 0.4) is 0 Å². The number of hydrogen-bond donors (Lipinski definition) is 1. The summed E-state index contributed by atoms with van der Waals surface area (Å²) in [7, 11) is 0. The first-order chi connectivity index (χ1) is 14.3. The molecule has 0 fully saturated rings. The van der Waals surface area contributed by atoms with Crippen molar-refractivity contribution in [2.45, 2.75) is 13.0 Å². The molecule has 5 rings (SSSR count). The highest BCUT2D eigenvalue weighted by atomic mass is 16.1. The van der Waals surface area contributed by atoms with Crippen LogP contribution < -0.4 is 5.32 Å². The molecular weight excluding hydrogens is 354 g/mol. The van der Waals surface area contributed by atoms with E-state index >= 15 is 0 Å². The number of amides is 1. The quantitative estimate of drug-likeness (QED) is 0.419. The monoisotopic (exact) mass is 375 g/mol. The fourth-order valence-electron chi connectivity index (χ4n) is 4.04. The van der Waals surface area contributed by atoms with Gasteiger partial charge in [-0.15, -0.1) is 0 Å². The molecule has 0 heterocycles. The van der Waals surface area contributed by atoms with Crippen molar-refractivity contribution in [2.24, 2.45) is 0 Å². The van der Waals surface area contributed by atoms with Gasteiger partial charge in [0.2, 0.25) is 0 Å². The van der Waals surface area contributed by atoms with Gasteiger partial charge in [0.15, 0.2) is 0 Å². The fraction of sp³-hybridized carbons (Fsp3) is 0.0741. The third kappa shape index (κ3) is 3.45. The molecule has 1 amide bonds. The highest BCUT2D eigenvalue weighted by Gasteiger charge is 2.17. The van der Waals surface area contributed by atoms with Crippen molar-refractivity contribution in [1.29, 1.82) is 0 Å². The topological polar surface area (TPSA) is 29.1 Å². The second kappa shape index (κ2) is 7.40. The van der Waals surface area contributed by atoms with Crippen LogP contribution in [0.2, 0.25) is 0 Å². The van der Waals surface area contributed by atoms with Crippen molar-refractivity contribution < 1.29 is 4.79 Å². The Morgan fingerprint density at radius 2 is 1.38 bits per heavy atom. The number of carbonyl (C=O) groups is 1. The summed E-state index contributed by atoms with van der Waals surface area (Å²) in [6.07, 6.45) is 0.967. The fourth-order valence-corrected chi connectivity index (χ4v) is 4.04. The molecule has 0 aromatic heterocycles. The normalized spacial score (nSPS) is 11.6. The highest BCUT2D eigenvalue weighted by molar-refractivity contribution is 5.94. The number of nitrogens with one attached hydrogen (secondary N) is 1. The summed E-state index contributed by atoms with van der Waals surface area (Å²) in [5.41, 5.74) is 9.43. The second-order valence-corrected chi connectivity index (χ2v) is 7.45. The Morgan fingerprint density at radius 3 is 2.21 bits per heavy atom. The molecule has 140 valence electrons. The molecule has 4 aromatic rings. The summed E-state index contributed by atoms with van der Waals surface area (Å²) in [6.45, 7) is 0.531. The van der Waals surface area contributed by atoms with Crippen LogP contribution >= 0.6 is 0 Å². The first-order valence-corrected chi connectivity index (χ1v) is 9.92. The average molecular weight is 375 g/mol. The predicted octanol–water partition coefficient (Wildman–Crippen LogP) is 5.85. The van der Waals surface area contributed by atoms with Gasteiger partial charge in [-0.1, -0.05) is 84.9 Å². The van der Waals surface area contributed by atoms with Gasteiger partial charge >= 0.3 is 0 Å². The maximum absolute atomic E-state index is 12.6. The van der Waals surface area contributed by atoms with Gasteiger partial charge < -0.3 is 5.32 Å². The zero-order chi connectivity index (χ0) is 19.6. The molecule has 2 nitrogen and oxygen atoms in total. The van der Waals surface area contributed by atoms with Crippen molar-refractivity contribution in [3.8, 4) is 22.3 Å². The predicted molar refractivity (Wildman–Crippen MR) is 118 cm³/mol. The SMILES string of the molecule is O=C(NCc1ccc2c(c1)Cc1ccccc1-2)c1ccc(-c2ccccc2)cc1. The lowest BCUT2D eigenvalue weighted by atomic mass is 10.0. The van der Waals surface area contributed by atoms with Crippen LogP contribution in [-0.2, 0) is 13.0 Å². The Bertz CT molecular complexity index is 1180. The molecule has 0 unspecified atom stereocenters. The Hall–Kier alpha value is -3.65. The largest absolute Gasteiger partial charge is 0.348 e. The first kappa shape index (κ1) is 17.4. The first-order valence-electron chi connectivity index (χ1n) is 9.92. The minimum atomic E-state index is -0.0478. The molecule has 0 atom stereocenters. The van der Waals surface area contributed by atoms with E-state index in [1.54, 1.807) is 0 Å². The lowest BCUT2D eigenvalue weighted by molar-refractivity contribution is 0.0951. The van der Waals surface area contributed by atoms with Crippen LogP contribution in [0, 0.1) is 0 Å². The number of carbonyl (C=O) groups excluding carboxylic acids is 1. The average Bonchev–Trinajstić information content (AvgIpc) is 3.16. The molecule has 0 saturated heterocycles. The van der Waals surface area contributed by atoms with Crippen LogP contribution in [0.1, 0.15) is 27.0 Å². The minimum Gasteiger partial charge on any atom is -0.348 e. The van der Waals surface area contributed by atoms with E-state index in [0.29, 0.717) is 12.1 Å². The van der Waals surface area contributed by atoms with Gasteiger partial charge in [0.1, 0.15) is 0 Å². The second-order valence-electron chi connectivity index (χ2n) is 7.45. The molecule has 0 radical (unpaired) electrons. The summed E-state index contributed by atoms with van der Waals surface area (Å²) in [5, 5.41) is 3.05. The zero-order valence-electron chi connectivity index (χ0n) is 16.1. The lowest BCUT2D eigenvalue weighted by Crippen LogP contribution is -2.22. The van der Waals surface area contributed by atoms with Crippen LogP contribution in [0.5, 0.6) is 0 Å². The lowest BCUT2D eigenvalue weighted by Gasteiger charge is -2.09. The van der Waals surface area contributed by atoms with E-state index in [9.17, 15) is 4.79 Å². The van der Waals surface area contributed by atoms with Crippen molar-refractivity contribution in [2.75, 3.05) is 0 Å². The summed E-state index contributed by atoms with van der Waals surface area (Å²) in [5.74, 6) is -0.0478. The minimum absolute atomic E-state index is 0.0478. The Morgan fingerprint density at radius 1 is 0.690 bits per heavy atom. The van der Waals surface area contributed by atoms with Crippen LogP contribution in [-0.4, -0.2) is 5.91 Å². The molecule has 1 aliphatic carbocycles. The molecular formula is C27H21NO. The van der Waals surface area contributed by atoms with Crippen LogP contribution in [0.25, 0.3) is 22.3 Å². The smallest absolute Gasteiger partial charge is 0.251 e. The molecule has 0 aliphatic heterocycles. The van der Waals surface area contributed by atoms with Gasteiger partial charge in [-0.2, -0.15) is 0 Å². The molecule has 2 heteroatoms. The van der Waals surface area contributed by atoms with E-state index in [1.165, 1.54) is 22.3 Å². The van der Waals surface area contributed by atoms with E-state index in [0.717, 1.165) is 23.1 Å². The van der Waals surface area contributed by atoms with E-state index in [4.69, 9.17) is 0 Å². The van der Waals surface area contributed by atoms with Gasteiger partial charge in [0.25, 0.3) is 5.91 Å². The molecule has 0 saturated carbocycles. The van der Waals surface area contributed by atoms with Crippen molar-refractivity contribution in [3.05, 3.63) is 119 Å². The Labute approximate surface area is 170 Å². The number of hydrogen-bond acceptors (Lipinski definition) is 1. The van der Waals surface area contributed by atoms with Gasteiger partial charge in [0.05, 0.1) is 0 Å². The molecule has 1 N–H and O–H groups in total. The summed E-state index contributed by atoms with van der Waals surface area (Å²) < 4.78 is 0. The highest BCUT2D eigenvalue weighted by Crippen LogP contribution is 2.36. The maximum atomic E-state index is 12.6. The summed E-state index contributed by atoms with van der Waals surface area (Å²) in [4.78, 5) is 12.6. The third-order valence-corrected chi connectivity index (χ3v) is 5.57.